The summed E-state index contributed by atoms with van der Waals surface area (Å²) in [6.45, 7) is 4.05. The van der Waals surface area contributed by atoms with Crippen LogP contribution in [-0.2, 0) is 11.8 Å². The molecule has 1 aromatic heterocycles. The van der Waals surface area contributed by atoms with Gasteiger partial charge in [-0.05, 0) is 24.8 Å². The first kappa shape index (κ1) is 14.0. The lowest BCUT2D eigenvalue weighted by molar-refractivity contribution is -0.391. The van der Waals surface area contributed by atoms with Crippen molar-refractivity contribution in [2.75, 3.05) is 13.1 Å². The molecule has 20 heavy (non-hydrogen) atoms. The van der Waals surface area contributed by atoms with Gasteiger partial charge in [-0.25, -0.2) is 4.57 Å². The van der Waals surface area contributed by atoms with Crippen LogP contribution in [0, 0.1) is 10.1 Å². The lowest BCUT2D eigenvalue weighted by Gasteiger charge is -2.40. The largest absolute Gasteiger partial charge is 0.358 e. The predicted molar refractivity (Wildman–Crippen MR) is 70.2 cm³/mol. The van der Waals surface area contributed by atoms with Gasteiger partial charge in [0.15, 0.2) is 5.69 Å². The van der Waals surface area contributed by atoms with Crippen LogP contribution >= 0.6 is 0 Å². The maximum absolute atomic E-state index is 12.5. The average Bonchev–Trinajstić information content (AvgIpc) is 2.74. The van der Waals surface area contributed by atoms with Gasteiger partial charge in [-0.3, -0.25) is 9.59 Å². The SMILES string of the molecule is Cn1c(C(=O)N2CCNC(=O)C2(C)C)ccc1[N+](=O)[O-]. The highest BCUT2D eigenvalue weighted by molar-refractivity contribution is 5.99. The first-order chi connectivity index (χ1) is 9.26. The number of aromatic nitrogens is 1. The van der Waals surface area contributed by atoms with Crippen molar-refractivity contribution >= 4 is 17.6 Å². The Hall–Kier alpha value is -2.38. The maximum Gasteiger partial charge on any atom is 0.323 e. The third-order valence-corrected chi connectivity index (χ3v) is 3.60. The fraction of sp³-hybridized carbons (Fsp3) is 0.500. The van der Waals surface area contributed by atoms with Crippen molar-refractivity contribution in [2.45, 2.75) is 19.4 Å². The van der Waals surface area contributed by atoms with Crippen LogP contribution in [0.15, 0.2) is 12.1 Å². The van der Waals surface area contributed by atoms with Gasteiger partial charge in [0.25, 0.3) is 5.91 Å². The van der Waals surface area contributed by atoms with Crippen LogP contribution in [0.3, 0.4) is 0 Å². The second-order valence-corrected chi connectivity index (χ2v) is 5.16. The van der Waals surface area contributed by atoms with E-state index in [-0.39, 0.29) is 23.3 Å². The molecule has 8 heteroatoms. The minimum absolute atomic E-state index is 0.160. The average molecular weight is 280 g/mol. The van der Waals surface area contributed by atoms with Crippen molar-refractivity contribution in [1.82, 2.24) is 14.8 Å². The Morgan fingerprint density at radius 3 is 2.65 bits per heavy atom. The zero-order valence-corrected chi connectivity index (χ0v) is 11.5. The van der Waals surface area contributed by atoms with E-state index >= 15 is 0 Å². The number of carbonyl (C=O) groups excluding carboxylic acids is 2. The van der Waals surface area contributed by atoms with E-state index in [2.05, 4.69) is 5.32 Å². The highest BCUT2D eigenvalue weighted by Gasteiger charge is 2.42. The standard InChI is InChI=1S/C12H16N4O4/c1-12(2)11(18)13-6-7-15(12)10(17)8-4-5-9(14(8)3)16(19)20/h4-5H,6-7H2,1-3H3,(H,13,18). The number of nitro groups is 1. The van der Waals surface area contributed by atoms with Gasteiger partial charge in [-0.1, -0.05) is 0 Å². The number of amides is 2. The molecule has 1 aliphatic heterocycles. The quantitative estimate of drug-likeness (QED) is 0.621. The van der Waals surface area contributed by atoms with Crippen molar-refractivity contribution in [3.63, 3.8) is 0 Å². The Bertz CT molecular complexity index is 590. The molecule has 0 unspecified atom stereocenters. The minimum Gasteiger partial charge on any atom is -0.358 e. The van der Waals surface area contributed by atoms with E-state index < -0.39 is 10.5 Å². The fourth-order valence-corrected chi connectivity index (χ4v) is 2.29. The van der Waals surface area contributed by atoms with Gasteiger partial charge in [0.05, 0.1) is 7.05 Å². The molecule has 2 amide bonds. The number of hydrogen-bond acceptors (Lipinski definition) is 4. The summed E-state index contributed by atoms with van der Waals surface area (Å²) in [6, 6.07) is 2.69. The molecule has 1 saturated heterocycles. The molecule has 1 fully saturated rings. The van der Waals surface area contributed by atoms with Crippen molar-refractivity contribution in [3.8, 4) is 0 Å². The summed E-state index contributed by atoms with van der Waals surface area (Å²) >= 11 is 0. The Balaban J connectivity index is 2.36. The van der Waals surface area contributed by atoms with Gasteiger partial charge in [0, 0.05) is 19.2 Å². The summed E-state index contributed by atoms with van der Waals surface area (Å²) in [4.78, 5) is 36.1. The molecule has 0 bridgehead atoms. The summed E-state index contributed by atoms with van der Waals surface area (Å²) < 4.78 is 1.23. The first-order valence-corrected chi connectivity index (χ1v) is 6.17. The lowest BCUT2D eigenvalue weighted by atomic mass is 9.98. The maximum atomic E-state index is 12.5. The van der Waals surface area contributed by atoms with E-state index in [1.54, 1.807) is 13.8 Å². The van der Waals surface area contributed by atoms with E-state index in [0.29, 0.717) is 13.1 Å². The van der Waals surface area contributed by atoms with E-state index in [1.807, 2.05) is 0 Å². The Labute approximate surface area is 115 Å². The Morgan fingerprint density at radius 2 is 2.10 bits per heavy atom. The number of piperazine rings is 1. The molecule has 1 N–H and O–H groups in total. The first-order valence-electron chi connectivity index (χ1n) is 6.17. The summed E-state index contributed by atoms with van der Waals surface area (Å²) in [5, 5.41) is 13.5. The predicted octanol–water partition coefficient (Wildman–Crippen LogP) is 0.284. The molecular formula is C12H16N4O4. The third-order valence-electron chi connectivity index (χ3n) is 3.60. The van der Waals surface area contributed by atoms with Crippen LogP contribution in [0.4, 0.5) is 5.82 Å². The number of nitrogens with one attached hydrogen (secondary N) is 1. The van der Waals surface area contributed by atoms with Gasteiger partial charge in [0.1, 0.15) is 5.54 Å². The highest BCUT2D eigenvalue weighted by atomic mass is 16.6. The van der Waals surface area contributed by atoms with Gasteiger partial charge < -0.3 is 20.3 Å². The molecular weight excluding hydrogens is 264 g/mol. The molecule has 1 aromatic rings. The second kappa shape index (κ2) is 4.62. The molecule has 8 nitrogen and oxygen atoms in total. The summed E-state index contributed by atoms with van der Waals surface area (Å²) in [5.41, 5.74) is -0.784. The van der Waals surface area contributed by atoms with Gasteiger partial charge in [-0.2, -0.15) is 0 Å². The van der Waals surface area contributed by atoms with Crippen LogP contribution < -0.4 is 5.32 Å². The molecule has 0 atom stereocenters. The van der Waals surface area contributed by atoms with E-state index in [4.69, 9.17) is 0 Å². The molecule has 108 valence electrons. The van der Waals surface area contributed by atoms with Crippen molar-refractivity contribution in [2.24, 2.45) is 7.05 Å². The zero-order valence-electron chi connectivity index (χ0n) is 11.5. The second-order valence-electron chi connectivity index (χ2n) is 5.16. The number of nitrogens with zero attached hydrogens (tertiary/aromatic N) is 3. The van der Waals surface area contributed by atoms with Crippen molar-refractivity contribution < 1.29 is 14.5 Å². The van der Waals surface area contributed by atoms with E-state index in [0.717, 1.165) is 0 Å². The summed E-state index contributed by atoms with van der Waals surface area (Å²) in [6.07, 6.45) is 0. The summed E-state index contributed by atoms with van der Waals surface area (Å²) in [5.74, 6) is -0.783. The van der Waals surface area contributed by atoms with Crippen LogP contribution in [0.5, 0.6) is 0 Å². The van der Waals surface area contributed by atoms with Crippen molar-refractivity contribution in [1.29, 1.82) is 0 Å². The number of hydrogen-bond donors (Lipinski definition) is 1. The topological polar surface area (TPSA) is 97.5 Å². The monoisotopic (exact) mass is 280 g/mol. The van der Waals surface area contributed by atoms with E-state index in [9.17, 15) is 19.7 Å². The smallest absolute Gasteiger partial charge is 0.323 e. The molecule has 1 aliphatic rings. The van der Waals surface area contributed by atoms with Gasteiger partial charge in [-0.15, -0.1) is 0 Å². The van der Waals surface area contributed by atoms with E-state index in [1.165, 1.54) is 28.6 Å². The highest BCUT2D eigenvalue weighted by Crippen LogP contribution is 2.23. The molecule has 0 aliphatic carbocycles. The van der Waals surface area contributed by atoms with Crippen LogP contribution in [0.25, 0.3) is 0 Å². The molecule has 2 heterocycles. The van der Waals surface area contributed by atoms with Crippen molar-refractivity contribution in [3.05, 3.63) is 27.9 Å². The Morgan fingerprint density at radius 1 is 1.45 bits per heavy atom. The Kier molecular flexibility index (Phi) is 3.24. The molecule has 0 aromatic carbocycles. The summed E-state index contributed by atoms with van der Waals surface area (Å²) in [7, 11) is 1.46. The van der Waals surface area contributed by atoms with Crippen LogP contribution in [-0.4, -0.2) is 44.8 Å². The van der Waals surface area contributed by atoms with Crippen LogP contribution in [0.1, 0.15) is 24.3 Å². The third kappa shape index (κ3) is 2.02. The number of rotatable bonds is 2. The van der Waals surface area contributed by atoms with Gasteiger partial charge >= 0.3 is 5.82 Å². The zero-order chi connectivity index (χ0) is 15.1. The lowest BCUT2D eigenvalue weighted by Crippen LogP contribution is -2.63. The molecule has 2 rings (SSSR count). The molecule has 0 radical (unpaired) electrons. The fourth-order valence-electron chi connectivity index (χ4n) is 2.29. The normalized spacial score (nSPS) is 17.8. The minimum atomic E-state index is -0.978. The molecule has 0 spiro atoms. The van der Waals surface area contributed by atoms with Crippen LogP contribution in [0.2, 0.25) is 0 Å². The molecule has 0 saturated carbocycles. The van der Waals surface area contributed by atoms with Gasteiger partial charge in [0.2, 0.25) is 5.91 Å². The number of carbonyl (C=O) groups is 2.